The van der Waals surface area contributed by atoms with E-state index >= 15 is 0 Å². The van der Waals surface area contributed by atoms with Gasteiger partial charge in [-0.15, -0.1) is 0 Å². The summed E-state index contributed by atoms with van der Waals surface area (Å²) in [6, 6.07) is 0.628. The zero-order valence-electron chi connectivity index (χ0n) is 9.34. The molecule has 1 atom stereocenters. The quantitative estimate of drug-likeness (QED) is 0.659. The highest BCUT2D eigenvalue weighted by molar-refractivity contribution is 5.85. The third-order valence-corrected chi connectivity index (χ3v) is 3.49. The summed E-state index contributed by atoms with van der Waals surface area (Å²) in [6.07, 6.45) is 8.03. The van der Waals surface area contributed by atoms with E-state index in [9.17, 15) is 0 Å². The van der Waals surface area contributed by atoms with E-state index in [4.69, 9.17) is 4.99 Å². The fourth-order valence-corrected chi connectivity index (χ4v) is 2.55. The molecule has 0 aromatic rings. The summed E-state index contributed by atoms with van der Waals surface area (Å²) in [5.41, 5.74) is 1.51. The van der Waals surface area contributed by atoms with E-state index in [1.807, 2.05) is 0 Å². The van der Waals surface area contributed by atoms with Crippen molar-refractivity contribution in [3.8, 4) is 0 Å². The Balaban J connectivity index is 1.84. The Bertz CT molecular complexity index is 202. The molecule has 1 aliphatic heterocycles. The van der Waals surface area contributed by atoms with Crippen LogP contribution in [0.4, 0.5) is 0 Å². The normalized spacial score (nSPS) is 29.5. The van der Waals surface area contributed by atoms with Gasteiger partial charge in [-0.05, 0) is 38.6 Å². The number of hydrogen-bond donors (Lipinski definition) is 0. The summed E-state index contributed by atoms with van der Waals surface area (Å²) in [7, 11) is 0. The first-order valence-electron chi connectivity index (χ1n) is 6.16. The van der Waals surface area contributed by atoms with Crippen molar-refractivity contribution in [2.24, 2.45) is 4.99 Å². The van der Waals surface area contributed by atoms with Gasteiger partial charge in [-0.1, -0.05) is 13.3 Å². The fraction of sp³-hybridized carbons (Fsp3) is 0.917. The zero-order chi connectivity index (χ0) is 9.80. The van der Waals surface area contributed by atoms with Crippen molar-refractivity contribution in [1.29, 1.82) is 0 Å². The van der Waals surface area contributed by atoms with Crippen LogP contribution >= 0.6 is 0 Å². The van der Waals surface area contributed by atoms with Crippen molar-refractivity contribution >= 4 is 5.71 Å². The molecule has 1 saturated heterocycles. The van der Waals surface area contributed by atoms with Crippen LogP contribution in [0.3, 0.4) is 0 Å². The van der Waals surface area contributed by atoms with Crippen LogP contribution in [0.5, 0.6) is 0 Å². The molecule has 80 valence electrons. The van der Waals surface area contributed by atoms with Crippen molar-refractivity contribution in [3.05, 3.63) is 0 Å². The first-order chi connectivity index (χ1) is 6.88. The molecule has 0 radical (unpaired) electrons. The zero-order valence-corrected chi connectivity index (χ0v) is 9.34. The first-order valence-corrected chi connectivity index (χ1v) is 6.16. The van der Waals surface area contributed by atoms with E-state index in [-0.39, 0.29) is 0 Å². The van der Waals surface area contributed by atoms with Crippen LogP contribution in [0.15, 0.2) is 4.99 Å². The van der Waals surface area contributed by atoms with Gasteiger partial charge in [-0.2, -0.15) is 0 Å². The Morgan fingerprint density at radius 3 is 2.71 bits per heavy atom. The minimum Gasteiger partial charge on any atom is -0.301 e. The molecule has 2 aliphatic rings. The molecular weight excluding hydrogens is 172 g/mol. The number of likely N-dealkylation sites (tertiary alicyclic amines) is 1. The van der Waals surface area contributed by atoms with Gasteiger partial charge in [-0.25, -0.2) is 0 Å². The summed E-state index contributed by atoms with van der Waals surface area (Å²) in [4.78, 5) is 7.42. The van der Waals surface area contributed by atoms with Gasteiger partial charge < -0.3 is 4.90 Å². The van der Waals surface area contributed by atoms with Crippen LogP contribution in [-0.2, 0) is 0 Å². The highest BCUT2D eigenvalue weighted by atomic mass is 15.2. The summed E-state index contributed by atoms with van der Waals surface area (Å²) in [5.74, 6) is 0. The minimum atomic E-state index is 0.628. The maximum absolute atomic E-state index is 4.91. The van der Waals surface area contributed by atoms with Gasteiger partial charge in [0.1, 0.15) is 0 Å². The predicted octanol–water partition coefficient (Wildman–Crippen LogP) is 2.49. The van der Waals surface area contributed by atoms with Crippen LogP contribution in [0.2, 0.25) is 0 Å². The lowest BCUT2D eigenvalue weighted by Gasteiger charge is -2.15. The smallest absolute Gasteiger partial charge is 0.0638 e. The van der Waals surface area contributed by atoms with Crippen molar-refractivity contribution in [1.82, 2.24) is 4.90 Å². The van der Waals surface area contributed by atoms with Gasteiger partial charge in [0.15, 0.2) is 0 Å². The van der Waals surface area contributed by atoms with Crippen LogP contribution < -0.4 is 0 Å². The molecule has 0 aromatic heterocycles. The molecule has 2 heteroatoms. The summed E-state index contributed by atoms with van der Waals surface area (Å²) in [6.45, 7) is 5.91. The highest BCUT2D eigenvalue weighted by Crippen LogP contribution is 2.18. The number of likely N-dealkylation sites (N-methyl/N-ethyl adjacent to an activating group) is 1. The van der Waals surface area contributed by atoms with E-state index in [1.165, 1.54) is 63.9 Å². The number of nitrogens with zero attached hydrogens (tertiary/aromatic N) is 2. The van der Waals surface area contributed by atoms with E-state index in [0.717, 1.165) is 0 Å². The molecule has 1 saturated carbocycles. The predicted molar refractivity (Wildman–Crippen MR) is 61.0 cm³/mol. The Morgan fingerprint density at radius 2 is 2.07 bits per heavy atom. The summed E-state index contributed by atoms with van der Waals surface area (Å²) in [5, 5.41) is 0. The molecule has 0 unspecified atom stereocenters. The molecule has 14 heavy (non-hydrogen) atoms. The Morgan fingerprint density at radius 1 is 1.29 bits per heavy atom. The average Bonchev–Trinajstić information content (AvgIpc) is 2.67. The Hall–Kier alpha value is -0.370. The monoisotopic (exact) mass is 194 g/mol. The van der Waals surface area contributed by atoms with Gasteiger partial charge in [0, 0.05) is 18.8 Å². The summed E-state index contributed by atoms with van der Waals surface area (Å²) < 4.78 is 0. The molecule has 0 N–H and O–H groups in total. The SMILES string of the molecule is CCN1CC[C@H](N=C2CCCCC2)C1. The number of aliphatic imine (C=N–C) groups is 1. The average molecular weight is 194 g/mol. The van der Waals surface area contributed by atoms with Crippen LogP contribution in [0.25, 0.3) is 0 Å². The van der Waals surface area contributed by atoms with Crippen molar-refractivity contribution in [2.75, 3.05) is 19.6 Å². The van der Waals surface area contributed by atoms with Crippen LogP contribution in [0.1, 0.15) is 45.4 Å². The van der Waals surface area contributed by atoms with Crippen molar-refractivity contribution < 1.29 is 0 Å². The lowest BCUT2D eigenvalue weighted by Crippen LogP contribution is -2.21. The van der Waals surface area contributed by atoms with Gasteiger partial charge in [-0.3, -0.25) is 4.99 Å². The Labute approximate surface area is 87.4 Å². The maximum atomic E-state index is 4.91. The van der Waals surface area contributed by atoms with Gasteiger partial charge in [0.2, 0.25) is 0 Å². The van der Waals surface area contributed by atoms with E-state index in [2.05, 4.69) is 11.8 Å². The molecule has 0 amide bonds. The van der Waals surface area contributed by atoms with Crippen molar-refractivity contribution in [3.63, 3.8) is 0 Å². The molecule has 0 aromatic carbocycles. The van der Waals surface area contributed by atoms with E-state index in [1.54, 1.807) is 0 Å². The third kappa shape index (κ3) is 2.57. The molecule has 1 aliphatic carbocycles. The second kappa shape index (κ2) is 4.92. The molecule has 0 bridgehead atoms. The second-order valence-electron chi connectivity index (χ2n) is 4.59. The lowest BCUT2D eigenvalue weighted by molar-refractivity contribution is 0.354. The molecular formula is C12H22N2. The van der Waals surface area contributed by atoms with Crippen LogP contribution in [0, 0.1) is 0 Å². The van der Waals surface area contributed by atoms with Gasteiger partial charge in [0.25, 0.3) is 0 Å². The standard InChI is InChI=1S/C12H22N2/c1-2-14-9-8-12(10-14)13-11-6-4-3-5-7-11/h12H,2-10H2,1H3/t12-/m0/s1. The fourth-order valence-electron chi connectivity index (χ4n) is 2.55. The Kier molecular flexibility index (Phi) is 3.57. The molecule has 0 spiro atoms. The molecule has 2 rings (SSSR count). The highest BCUT2D eigenvalue weighted by Gasteiger charge is 2.21. The van der Waals surface area contributed by atoms with Crippen molar-refractivity contribution in [2.45, 2.75) is 51.5 Å². The molecule has 2 nitrogen and oxygen atoms in total. The number of hydrogen-bond acceptors (Lipinski definition) is 2. The summed E-state index contributed by atoms with van der Waals surface area (Å²) >= 11 is 0. The largest absolute Gasteiger partial charge is 0.301 e. The third-order valence-electron chi connectivity index (χ3n) is 3.49. The number of rotatable bonds is 2. The van der Waals surface area contributed by atoms with Gasteiger partial charge >= 0.3 is 0 Å². The first kappa shape index (κ1) is 10.2. The minimum absolute atomic E-state index is 0.628. The molecule has 1 heterocycles. The van der Waals surface area contributed by atoms with Gasteiger partial charge in [0.05, 0.1) is 6.04 Å². The van der Waals surface area contributed by atoms with Crippen LogP contribution in [-0.4, -0.2) is 36.3 Å². The lowest BCUT2D eigenvalue weighted by atomic mass is 9.98. The second-order valence-corrected chi connectivity index (χ2v) is 4.59. The molecule has 2 fully saturated rings. The topological polar surface area (TPSA) is 15.6 Å². The van der Waals surface area contributed by atoms with E-state index < -0.39 is 0 Å². The van der Waals surface area contributed by atoms with E-state index in [0.29, 0.717) is 6.04 Å². The maximum Gasteiger partial charge on any atom is 0.0638 e.